The first-order chi connectivity index (χ1) is 8.47. The second-order valence-corrected chi connectivity index (χ2v) is 6.29. The number of aromatic nitrogens is 2. The molecule has 1 unspecified atom stereocenters. The van der Waals surface area contributed by atoms with Crippen molar-refractivity contribution in [3.63, 3.8) is 0 Å². The second-order valence-electron chi connectivity index (χ2n) is 5.35. The van der Waals surface area contributed by atoms with Crippen LogP contribution in [0.4, 0.5) is 0 Å². The third-order valence-corrected chi connectivity index (χ3v) is 3.59. The zero-order chi connectivity index (χ0) is 13.2. The Morgan fingerprint density at radius 3 is 2.67 bits per heavy atom. The molecule has 2 aromatic rings. The van der Waals surface area contributed by atoms with Crippen molar-refractivity contribution >= 4 is 11.3 Å². The van der Waals surface area contributed by atoms with Gasteiger partial charge in [0.25, 0.3) is 0 Å². The predicted octanol–water partition coefficient (Wildman–Crippen LogP) is 3.11. The molecule has 0 spiro atoms. The Labute approximate surface area is 112 Å². The fourth-order valence-electron chi connectivity index (χ4n) is 1.59. The van der Waals surface area contributed by atoms with Gasteiger partial charge in [-0.15, -0.1) is 11.3 Å². The van der Waals surface area contributed by atoms with Gasteiger partial charge in [0, 0.05) is 23.4 Å². The number of hydrogen-bond donors (Lipinski definition) is 1. The number of thiazole rings is 1. The van der Waals surface area contributed by atoms with Crippen LogP contribution < -0.4 is 0 Å². The molecule has 0 bridgehead atoms. The number of rotatable bonds is 3. The van der Waals surface area contributed by atoms with Crippen LogP contribution in [0.25, 0.3) is 0 Å². The van der Waals surface area contributed by atoms with Gasteiger partial charge in [-0.1, -0.05) is 26.8 Å². The third-order valence-electron chi connectivity index (χ3n) is 2.72. The molecule has 1 atom stereocenters. The van der Waals surface area contributed by atoms with Crippen molar-refractivity contribution in [3.8, 4) is 0 Å². The maximum atomic E-state index is 10.1. The molecule has 1 N–H and O–H groups in total. The van der Waals surface area contributed by atoms with Crippen LogP contribution in [-0.4, -0.2) is 15.1 Å². The molecule has 0 aliphatic heterocycles. The summed E-state index contributed by atoms with van der Waals surface area (Å²) in [5, 5.41) is 13.1. The standard InChI is InChI=1S/C14H18N2OS/c1-14(2,3)12-9-18-13(16-12)8-11(17)10-6-4-5-7-15-10/h4-7,9,11,17H,8H2,1-3H3. The number of pyridine rings is 1. The van der Waals surface area contributed by atoms with Gasteiger partial charge in [-0.25, -0.2) is 4.98 Å². The van der Waals surface area contributed by atoms with Gasteiger partial charge in [-0.05, 0) is 12.1 Å². The van der Waals surface area contributed by atoms with E-state index >= 15 is 0 Å². The van der Waals surface area contributed by atoms with Crippen molar-refractivity contribution in [2.24, 2.45) is 0 Å². The second kappa shape index (κ2) is 5.16. The molecule has 0 amide bonds. The van der Waals surface area contributed by atoms with Crippen molar-refractivity contribution in [3.05, 3.63) is 46.2 Å². The van der Waals surface area contributed by atoms with Crippen molar-refractivity contribution in [2.75, 3.05) is 0 Å². The number of hydrogen-bond acceptors (Lipinski definition) is 4. The summed E-state index contributed by atoms with van der Waals surface area (Å²) in [7, 11) is 0. The molecule has 4 heteroatoms. The van der Waals surface area contributed by atoms with E-state index in [9.17, 15) is 5.11 Å². The Balaban J connectivity index is 2.08. The average Bonchev–Trinajstić information content (AvgIpc) is 2.78. The highest BCUT2D eigenvalue weighted by Gasteiger charge is 2.19. The lowest BCUT2D eigenvalue weighted by atomic mass is 9.93. The minimum Gasteiger partial charge on any atom is -0.386 e. The minimum atomic E-state index is -0.579. The molecule has 2 heterocycles. The Hall–Kier alpha value is -1.26. The molecule has 0 aliphatic rings. The number of aliphatic hydroxyl groups is 1. The monoisotopic (exact) mass is 262 g/mol. The molecule has 0 aliphatic carbocycles. The fourth-order valence-corrected chi connectivity index (χ4v) is 2.65. The van der Waals surface area contributed by atoms with Crippen LogP contribution in [0.5, 0.6) is 0 Å². The molecular weight excluding hydrogens is 244 g/mol. The summed E-state index contributed by atoms with van der Waals surface area (Å²) in [6.45, 7) is 6.42. The topological polar surface area (TPSA) is 46.0 Å². The largest absolute Gasteiger partial charge is 0.386 e. The van der Waals surface area contributed by atoms with Crippen LogP contribution in [0, 0.1) is 0 Å². The molecule has 3 nitrogen and oxygen atoms in total. The van der Waals surface area contributed by atoms with Crippen LogP contribution in [0.1, 0.15) is 43.3 Å². The SMILES string of the molecule is CC(C)(C)c1csc(CC(O)c2ccccn2)n1. The fraction of sp³-hybridized carbons (Fsp3) is 0.429. The molecule has 96 valence electrons. The molecule has 2 rings (SSSR count). The molecule has 2 aromatic heterocycles. The maximum Gasteiger partial charge on any atom is 0.102 e. The average molecular weight is 262 g/mol. The predicted molar refractivity (Wildman–Crippen MR) is 73.7 cm³/mol. The molecule has 0 aromatic carbocycles. The quantitative estimate of drug-likeness (QED) is 0.924. The lowest BCUT2D eigenvalue weighted by molar-refractivity contribution is 0.173. The van der Waals surface area contributed by atoms with Gasteiger partial charge in [0.05, 0.1) is 16.4 Å². The van der Waals surface area contributed by atoms with Crippen LogP contribution >= 0.6 is 11.3 Å². The van der Waals surface area contributed by atoms with E-state index in [-0.39, 0.29) is 5.41 Å². The Kier molecular flexibility index (Phi) is 3.78. The maximum absolute atomic E-state index is 10.1. The van der Waals surface area contributed by atoms with Crippen molar-refractivity contribution in [1.82, 2.24) is 9.97 Å². The van der Waals surface area contributed by atoms with E-state index < -0.39 is 6.10 Å². The smallest absolute Gasteiger partial charge is 0.102 e. The first kappa shape index (κ1) is 13.2. The highest BCUT2D eigenvalue weighted by molar-refractivity contribution is 7.09. The van der Waals surface area contributed by atoms with Gasteiger partial charge in [-0.2, -0.15) is 0 Å². The molecule has 0 saturated heterocycles. The van der Waals surface area contributed by atoms with Gasteiger partial charge < -0.3 is 5.11 Å². The van der Waals surface area contributed by atoms with E-state index in [4.69, 9.17) is 0 Å². The van der Waals surface area contributed by atoms with E-state index in [1.807, 2.05) is 18.2 Å². The minimum absolute atomic E-state index is 0.0602. The summed E-state index contributed by atoms with van der Waals surface area (Å²) in [5.74, 6) is 0. The highest BCUT2D eigenvalue weighted by Crippen LogP contribution is 2.26. The molecule has 0 saturated carbocycles. The van der Waals surface area contributed by atoms with Crippen LogP contribution in [0.2, 0.25) is 0 Å². The normalized spacial score (nSPS) is 13.6. The Morgan fingerprint density at radius 1 is 1.33 bits per heavy atom. The molecule has 0 radical (unpaired) electrons. The van der Waals surface area contributed by atoms with Crippen LogP contribution in [0.15, 0.2) is 29.8 Å². The Bertz CT molecular complexity index is 502. The van der Waals surface area contributed by atoms with Crippen molar-refractivity contribution < 1.29 is 5.11 Å². The summed E-state index contributed by atoms with van der Waals surface area (Å²) in [6, 6.07) is 5.56. The zero-order valence-electron chi connectivity index (χ0n) is 10.9. The number of nitrogens with zero attached hydrogens (tertiary/aromatic N) is 2. The van der Waals surface area contributed by atoms with Crippen LogP contribution in [0.3, 0.4) is 0 Å². The van der Waals surface area contributed by atoms with Crippen molar-refractivity contribution in [2.45, 2.75) is 38.7 Å². The van der Waals surface area contributed by atoms with Gasteiger partial charge in [0.2, 0.25) is 0 Å². The van der Waals surface area contributed by atoms with Gasteiger partial charge >= 0.3 is 0 Å². The zero-order valence-corrected chi connectivity index (χ0v) is 11.7. The van der Waals surface area contributed by atoms with E-state index in [0.29, 0.717) is 12.1 Å². The van der Waals surface area contributed by atoms with Gasteiger partial charge in [-0.3, -0.25) is 4.98 Å². The number of aliphatic hydroxyl groups excluding tert-OH is 1. The van der Waals surface area contributed by atoms with E-state index in [2.05, 4.69) is 36.1 Å². The lowest BCUT2D eigenvalue weighted by Crippen LogP contribution is -2.12. The molecular formula is C14H18N2OS. The lowest BCUT2D eigenvalue weighted by Gasteiger charge is -2.14. The summed E-state index contributed by atoms with van der Waals surface area (Å²) < 4.78 is 0. The van der Waals surface area contributed by atoms with Gasteiger partial charge in [0.1, 0.15) is 6.10 Å². The Morgan fingerprint density at radius 2 is 2.11 bits per heavy atom. The summed E-state index contributed by atoms with van der Waals surface area (Å²) in [4.78, 5) is 8.73. The van der Waals surface area contributed by atoms with E-state index in [1.165, 1.54) is 0 Å². The first-order valence-electron chi connectivity index (χ1n) is 6.00. The van der Waals surface area contributed by atoms with Crippen molar-refractivity contribution in [1.29, 1.82) is 0 Å². The first-order valence-corrected chi connectivity index (χ1v) is 6.88. The summed E-state index contributed by atoms with van der Waals surface area (Å²) >= 11 is 1.60. The third kappa shape index (κ3) is 3.15. The summed E-state index contributed by atoms with van der Waals surface area (Å²) in [5.41, 5.74) is 1.84. The molecule has 0 fully saturated rings. The van der Waals surface area contributed by atoms with Crippen LogP contribution in [-0.2, 0) is 11.8 Å². The molecule has 18 heavy (non-hydrogen) atoms. The highest BCUT2D eigenvalue weighted by atomic mass is 32.1. The van der Waals surface area contributed by atoms with Gasteiger partial charge in [0.15, 0.2) is 0 Å². The summed E-state index contributed by atoms with van der Waals surface area (Å²) in [6.07, 6.45) is 1.64. The van der Waals surface area contributed by atoms with E-state index in [0.717, 1.165) is 10.7 Å². The van der Waals surface area contributed by atoms with E-state index in [1.54, 1.807) is 17.5 Å².